The van der Waals surface area contributed by atoms with E-state index in [4.69, 9.17) is 22.1 Å². The first-order valence-corrected chi connectivity index (χ1v) is 9.49. The van der Waals surface area contributed by atoms with Gasteiger partial charge in [0.2, 0.25) is 11.8 Å². The van der Waals surface area contributed by atoms with E-state index in [2.05, 4.69) is 15.6 Å². The second-order valence-corrected chi connectivity index (χ2v) is 6.97. The average Bonchev–Trinajstić information content (AvgIpc) is 2.71. The molecule has 0 aliphatic carbocycles. The fourth-order valence-electron chi connectivity index (χ4n) is 2.54. The summed E-state index contributed by atoms with van der Waals surface area (Å²) in [4.78, 5) is 40.3. The summed E-state index contributed by atoms with van der Waals surface area (Å²) in [5, 5.41) is 14.9. The normalized spacial score (nSPS) is 13.6. The van der Waals surface area contributed by atoms with Crippen molar-refractivity contribution < 1.29 is 24.2 Å². The van der Waals surface area contributed by atoms with E-state index in [1.165, 1.54) is 13.1 Å². The molecule has 0 saturated carbocycles. The van der Waals surface area contributed by atoms with E-state index in [1.807, 2.05) is 6.07 Å². The van der Waals surface area contributed by atoms with E-state index in [-0.39, 0.29) is 18.2 Å². The summed E-state index contributed by atoms with van der Waals surface area (Å²) < 4.78 is 5.06. The third-order valence-corrected chi connectivity index (χ3v) is 4.36. The van der Waals surface area contributed by atoms with E-state index in [9.17, 15) is 19.5 Å². The number of aromatic nitrogens is 1. The zero-order valence-electron chi connectivity index (χ0n) is 16.2. The first-order chi connectivity index (χ1) is 14.3. The lowest BCUT2D eigenvalue weighted by molar-refractivity contribution is -0.130. The van der Waals surface area contributed by atoms with Gasteiger partial charge < -0.3 is 26.2 Å². The molecule has 160 valence electrons. The van der Waals surface area contributed by atoms with Gasteiger partial charge in [-0.3, -0.25) is 9.59 Å². The highest BCUT2D eigenvalue weighted by Gasteiger charge is 2.29. The van der Waals surface area contributed by atoms with E-state index in [0.29, 0.717) is 5.56 Å². The van der Waals surface area contributed by atoms with E-state index in [1.54, 1.807) is 36.4 Å². The lowest BCUT2D eigenvalue weighted by Gasteiger charge is -2.23. The van der Waals surface area contributed by atoms with Gasteiger partial charge in [0.25, 0.3) is 0 Å². The van der Waals surface area contributed by atoms with Gasteiger partial charge in [-0.1, -0.05) is 48.0 Å². The van der Waals surface area contributed by atoms with Crippen LogP contribution in [0.15, 0.2) is 48.7 Å². The molecule has 2 aromatic rings. The van der Waals surface area contributed by atoms with Crippen molar-refractivity contribution in [2.75, 3.05) is 0 Å². The molecular weight excluding hydrogens is 412 g/mol. The predicted octanol–water partition coefficient (Wildman–Crippen LogP) is 0.923. The van der Waals surface area contributed by atoms with Crippen LogP contribution in [0.5, 0.6) is 0 Å². The zero-order valence-corrected chi connectivity index (χ0v) is 17.0. The molecule has 0 spiro atoms. The second-order valence-electron chi connectivity index (χ2n) is 6.58. The van der Waals surface area contributed by atoms with Gasteiger partial charge in [0.15, 0.2) is 0 Å². The predicted molar refractivity (Wildman–Crippen MR) is 109 cm³/mol. The molecule has 10 heteroatoms. The molecule has 3 atom stereocenters. The van der Waals surface area contributed by atoms with Gasteiger partial charge in [-0.2, -0.15) is 0 Å². The average molecular weight is 435 g/mol. The molecule has 0 radical (unpaired) electrons. The Balaban J connectivity index is 1.97. The minimum absolute atomic E-state index is 0.00566. The molecular formula is C20H23ClN4O5. The SMILES string of the molecule is C[C@@H](O)[C@H](NC(=O)OCc1ccccc1)C(=O)N[C@H](Cc1ccc(Cl)nc1)C(N)=O. The molecule has 1 heterocycles. The molecule has 0 saturated heterocycles. The number of halogens is 1. The van der Waals surface area contributed by atoms with Gasteiger partial charge in [-0.25, -0.2) is 9.78 Å². The third kappa shape index (κ3) is 7.34. The number of nitrogens with zero attached hydrogens (tertiary/aromatic N) is 1. The Morgan fingerprint density at radius 2 is 1.83 bits per heavy atom. The molecule has 30 heavy (non-hydrogen) atoms. The van der Waals surface area contributed by atoms with Gasteiger partial charge >= 0.3 is 6.09 Å². The summed E-state index contributed by atoms with van der Waals surface area (Å²) >= 11 is 5.73. The largest absolute Gasteiger partial charge is 0.445 e. The van der Waals surface area contributed by atoms with Crippen molar-refractivity contribution in [2.24, 2.45) is 5.73 Å². The Morgan fingerprint density at radius 1 is 1.13 bits per heavy atom. The first-order valence-electron chi connectivity index (χ1n) is 9.11. The number of hydrogen-bond donors (Lipinski definition) is 4. The standard InChI is InChI=1S/C20H23ClN4O5/c1-12(26)17(25-20(29)30-11-13-5-3-2-4-6-13)19(28)24-15(18(22)27)9-14-7-8-16(21)23-10-14/h2-8,10,12,15,17,26H,9,11H2,1H3,(H2,22,27)(H,24,28)(H,25,29)/t12-,15-,17+/m1/s1. The van der Waals surface area contributed by atoms with Crippen LogP contribution in [-0.2, 0) is 27.4 Å². The van der Waals surface area contributed by atoms with Crippen LogP contribution >= 0.6 is 11.6 Å². The Hall–Kier alpha value is -3.17. The smallest absolute Gasteiger partial charge is 0.408 e. The molecule has 0 unspecified atom stereocenters. The summed E-state index contributed by atoms with van der Waals surface area (Å²) in [5.74, 6) is -1.57. The molecule has 9 nitrogen and oxygen atoms in total. The highest BCUT2D eigenvalue weighted by atomic mass is 35.5. The third-order valence-electron chi connectivity index (χ3n) is 4.14. The quantitative estimate of drug-likeness (QED) is 0.432. The van der Waals surface area contributed by atoms with Crippen LogP contribution in [0.1, 0.15) is 18.1 Å². The second kappa shape index (κ2) is 11.1. The topological polar surface area (TPSA) is 144 Å². The number of ether oxygens (including phenoxy) is 1. The van der Waals surface area contributed by atoms with Gasteiger partial charge in [-0.05, 0) is 24.1 Å². The number of rotatable bonds is 9. The van der Waals surface area contributed by atoms with Crippen molar-refractivity contribution in [3.63, 3.8) is 0 Å². The maximum absolute atomic E-state index is 12.6. The summed E-state index contributed by atoms with van der Waals surface area (Å²) in [6, 6.07) is 9.72. The van der Waals surface area contributed by atoms with Crippen LogP contribution in [0.3, 0.4) is 0 Å². The number of aliphatic hydroxyl groups excluding tert-OH is 1. The molecule has 0 aliphatic rings. The van der Waals surface area contributed by atoms with E-state index < -0.39 is 36.1 Å². The fraction of sp³-hybridized carbons (Fsp3) is 0.300. The Bertz CT molecular complexity index is 861. The number of amides is 3. The minimum Gasteiger partial charge on any atom is -0.445 e. The molecule has 0 bridgehead atoms. The van der Waals surface area contributed by atoms with Crippen LogP contribution in [0, 0.1) is 0 Å². The maximum Gasteiger partial charge on any atom is 0.408 e. The first kappa shape index (κ1) is 23.1. The summed E-state index contributed by atoms with van der Waals surface area (Å²) in [6.45, 7) is 1.32. The summed E-state index contributed by atoms with van der Waals surface area (Å²) in [6.07, 6.45) is -0.621. The maximum atomic E-state index is 12.6. The highest BCUT2D eigenvalue weighted by molar-refractivity contribution is 6.29. The monoisotopic (exact) mass is 434 g/mol. The summed E-state index contributed by atoms with van der Waals surface area (Å²) in [7, 11) is 0. The van der Waals surface area contributed by atoms with Crippen molar-refractivity contribution >= 4 is 29.5 Å². The van der Waals surface area contributed by atoms with Crippen molar-refractivity contribution in [2.45, 2.75) is 38.1 Å². The lowest BCUT2D eigenvalue weighted by atomic mass is 10.1. The number of carbonyl (C=O) groups is 3. The number of nitrogens with two attached hydrogens (primary N) is 1. The molecule has 1 aromatic carbocycles. The number of benzene rings is 1. The molecule has 3 amide bonds. The van der Waals surface area contributed by atoms with Crippen LogP contribution in [0.25, 0.3) is 0 Å². The number of alkyl carbamates (subject to hydrolysis) is 1. The molecule has 0 fully saturated rings. The number of carbonyl (C=O) groups excluding carboxylic acids is 3. The molecule has 0 aliphatic heterocycles. The zero-order chi connectivity index (χ0) is 22.1. The highest BCUT2D eigenvalue weighted by Crippen LogP contribution is 2.08. The van der Waals surface area contributed by atoms with Crippen LogP contribution in [0.2, 0.25) is 5.15 Å². The Labute approximate surface area is 178 Å². The van der Waals surface area contributed by atoms with Crippen molar-refractivity contribution in [1.82, 2.24) is 15.6 Å². The Kier molecular flexibility index (Phi) is 8.57. The minimum atomic E-state index is -1.35. The van der Waals surface area contributed by atoms with Crippen molar-refractivity contribution in [3.8, 4) is 0 Å². The Morgan fingerprint density at radius 3 is 2.40 bits per heavy atom. The number of aliphatic hydroxyl groups is 1. The number of nitrogens with one attached hydrogen (secondary N) is 2. The van der Waals surface area contributed by atoms with Crippen molar-refractivity contribution in [3.05, 3.63) is 64.9 Å². The summed E-state index contributed by atoms with van der Waals surface area (Å²) in [5.41, 5.74) is 6.76. The lowest BCUT2D eigenvalue weighted by Crippen LogP contribution is -2.57. The number of pyridine rings is 1. The van der Waals surface area contributed by atoms with Crippen molar-refractivity contribution in [1.29, 1.82) is 0 Å². The van der Waals surface area contributed by atoms with Gasteiger partial charge in [0.1, 0.15) is 23.8 Å². The number of primary amides is 1. The number of hydrogen-bond acceptors (Lipinski definition) is 6. The van der Waals surface area contributed by atoms with Gasteiger partial charge in [0.05, 0.1) is 6.10 Å². The molecule has 2 rings (SSSR count). The van der Waals surface area contributed by atoms with Gasteiger partial charge in [-0.15, -0.1) is 0 Å². The van der Waals surface area contributed by atoms with Crippen LogP contribution < -0.4 is 16.4 Å². The fourth-order valence-corrected chi connectivity index (χ4v) is 2.66. The van der Waals surface area contributed by atoms with Crippen LogP contribution in [0.4, 0.5) is 4.79 Å². The molecule has 5 N–H and O–H groups in total. The van der Waals surface area contributed by atoms with Gasteiger partial charge in [0, 0.05) is 12.6 Å². The molecule has 1 aromatic heterocycles. The van der Waals surface area contributed by atoms with E-state index in [0.717, 1.165) is 5.56 Å². The van der Waals surface area contributed by atoms with E-state index >= 15 is 0 Å². The van der Waals surface area contributed by atoms with Crippen LogP contribution in [-0.4, -0.2) is 46.2 Å².